The van der Waals surface area contributed by atoms with Crippen LogP contribution in [0.15, 0.2) is 24.3 Å². The number of alkyl halides is 3. The van der Waals surface area contributed by atoms with Crippen molar-refractivity contribution < 1.29 is 18.0 Å². The highest BCUT2D eigenvalue weighted by Crippen LogP contribution is 2.31. The van der Waals surface area contributed by atoms with Crippen molar-refractivity contribution in [2.24, 2.45) is 0 Å². The summed E-state index contributed by atoms with van der Waals surface area (Å²) in [5, 5.41) is 2.59. The maximum absolute atomic E-state index is 12.7. The smallest absolute Gasteiger partial charge is 0.322 e. The molecule has 0 bridgehead atoms. The number of carbonyl (C=O) groups is 1. The summed E-state index contributed by atoms with van der Waals surface area (Å²) in [7, 11) is 0. The quantitative estimate of drug-likeness (QED) is 0.846. The Balaban J connectivity index is 2.06. The summed E-state index contributed by atoms with van der Waals surface area (Å²) in [4.78, 5) is 14.1. The molecule has 1 aliphatic carbocycles. The zero-order valence-electron chi connectivity index (χ0n) is 12.6. The third-order valence-corrected chi connectivity index (χ3v) is 4.06. The van der Waals surface area contributed by atoms with Gasteiger partial charge >= 0.3 is 12.2 Å². The van der Waals surface area contributed by atoms with Gasteiger partial charge in [0.2, 0.25) is 0 Å². The van der Waals surface area contributed by atoms with Gasteiger partial charge in [0.25, 0.3) is 0 Å². The molecule has 0 aromatic heterocycles. The van der Waals surface area contributed by atoms with E-state index >= 15 is 0 Å². The number of carbonyl (C=O) groups excluding carboxylic acids is 1. The Kier molecular flexibility index (Phi) is 5.32. The standard InChI is InChI=1S/C16H21F3N2O/c1-2-21(14-9-4-3-5-10-14)15(22)20-13-8-6-7-12(11-13)16(17,18)19/h6-8,11,14H,2-5,9-10H2,1H3,(H,20,22). The van der Waals surface area contributed by atoms with E-state index in [1.165, 1.54) is 18.6 Å². The molecule has 0 spiro atoms. The highest BCUT2D eigenvalue weighted by atomic mass is 19.4. The lowest BCUT2D eigenvalue weighted by molar-refractivity contribution is -0.137. The van der Waals surface area contributed by atoms with E-state index in [9.17, 15) is 18.0 Å². The van der Waals surface area contributed by atoms with Gasteiger partial charge in [0.1, 0.15) is 0 Å². The van der Waals surface area contributed by atoms with Crippen LogP contribution in [0.25, 0.3) is 0 Å². The Morgan fingerprint density at radius 1 is 1.27 bits per heavy atom. The average molecular weight is 314 g/mol. The molecular weight excluding hydrogens is 293 g/mol. The van der Waals surface area contributed by atoms with E-state index in [2.05, 4.69) is 5.32 Å². The average Bonchev–Trinajstić information content (AvgIpc) is 2.48. The second kappa shape index (κ2) is 7.03. The van der Waals surface area contributed by atoms with Crippen LogP contribution in [0.4, 0.5) is 23.7 Å². The lowest BCUT2D eigenvalue weighted by atomic mass is 9.94. The number of hydrogen-bond acceptors (Lipinski definition) is 1. The van der Waals surface area contributed by atoms with Crippen LogP contribution >= 0.6 is 0 Å². The van der Waals surface area contributed by atoms with Crippen LogP contribution in [0.2, 0.25) is 0 Å². The largest absolute Gasteiger partial charge is 0.416 e. The van der Waals surface area contributed by atoms with Crippen LogP contribution in [0, 0.1) is 0 Å². The fourth-order valence-corrected chi connectivity index (χ4v) is 2.93. The molecule has 1 N–H and O–H groups in total. The van der Waals surface area contributed by atoms with Crippen molar-refractivity contribution in [3.8, 4) is 0 Å². The number of nitrogens with zero attached hydrogens (tertiary/aromatic N) is 1. The maximum atomic E-state index is 12.7. The summed E-state index contributed by atoms with van der Waals surface area (Å²) < 4.78 is 38.1. The molecular formula is C16H21F3N2O. The molecule has 2 rings (SSSR count). The molecule has 6 heteroatoms. The minimum Gasteiger partial charge on any atom is -0.322 e. The monoisotopic (exact) mass is 314 g/mol. The molecule has 2 amide bonds. The molecule has 0 aliphatic heterocycles. The van der Waals surface area contributed by atoms with Gasteiger partial charge < -0.3 is 10.2 Å². The molecule has 0 unspecified atom stereocenters. The van der Waals surface area contributed by atoms with Gasteiger partial charge in [0.05, 0.1) is 5.56 Å². The number of benzene rings is 1. The first-order valence-electron chi connectivity index (χ1n) is 7.66. The predicted octanol–water partition coefficient (Wildman–Crippen LogP) is 4.89. The summed E-state index contributed by atoms with van der Waals surface area (Å²) in [5.74, 6) is 0. The van der Waals surface area contributed by atoms with Crippen molar-refractivity contribution in [2.45, 2.75) is 51.2 Å². The van der Waals surface area contributed by atoms with E-state index in [0.717, 1.165) is 37.8 Å². The van der Waals surface area contributed by atoms with E-state index in [1.807, 2.05) is 6.92 Å². The molecule has 0 heterocycles. The van der Waals surface area contributed by atoms with Gasteiger partial charge in [-0.3, -0.25) is 0 Å². The minimum atomic E-state index is -4.41. The van der Waals surface area contributed by atoms with Crippen LogP contribution < -0.4 is 5.32 Å². The maximum Gasteiger partial charge on any atom is 0.416 e. The van der Waals surface area contributed by atoms with Crippen molar-refractivity contribution in [1.29, 1.82) is 0 Å². The number of urea groups is 1. The summed E-state index contributed by atoms with van der Waals surface area (Å²) in [6.45, 7) is 2.44. The van der Waals surface area contributed by atoms with Crippen LogP contribution in [0.5, 0.6) is 0 Å². The molecule has 122 valence electrons. The van der Waals surface area contributed by atoms with Gasteiger partial charge in [-0.2, -0.15) is 13.2 Å². The lowest BCUT2D eigenvalue weighted by Crippen LogP contribution is -2.43. The van der Waals surface area contributed by atoms with Gasteiger partial charge in [-0.05, 0) is 38.0 Å². The first-order chi connectivity index (χ1) is 10.4. The van der Waals surface area contributed by atoms with E-state index in [4.69, 9.17) is 0 Å². The Labute approximate surface area is 128 Å². The molecule has 0 radical (unpaired) electrons. The van der Waals surface area contributed by atoms with Crippen LogP contribution in [-0.2, 0) is 6.18 Å². The number of amides is 2. The first-order valence-corrected chi connectivity index (χ1v) is 7.66. The van der Waals surface area contributed by atoms with Crippen LogP contribution in [-0.4, -0.2) is 23.5 Å². The normalized spacial score (nSPS) is 16.4. The number of rotatable bonds is 3. The SMILES string of the molecule is CCN(C(=O)Nc1cccc(C(F)(F)F)c1)C1CCCCC1. The molecule has 3 nitrogen and oxygen atoms in total. The van der Waals surface area contributed by atoms with E-state index < -0.39 is 11.7 Å². The highest BCUT2D eigenvalue weighted by molar-refractivity contribution is 5.89. The van der Waals surface area contributed by atoms with Crippen molar-refractivity contribution >= 4 is 11.7 Å². The second-order valence-electron chi connectivity index (χ2n) is 5.59. The zero-order valence-corrected chi connectivity index (χ0v) is 12.6. The molecule has 0 saturated heterocycles. The van der Waals surface area contributed by atoms with Gasteiger partial charge in [-0.25, -0.2) is 4.79 Å². The van der Waals surface area contributed by atoms with Crippen molar-refractivity contribution in [3.63, 3.8) is 0 Å². The fourth-order valence-electron chi connectivity index (χ4n) is 2.93. The number of anilines is 1. The fraction of sp³-hybridized carbons (Fsp3) is 0.562. The van der Waals surface area contributed by atoms with Crippen LogP contribution in [0.3, 0.4) is 0 Å². The van der Waals surface area contributed by atoms with Gasteiger partial charge in [-0.1, -0.05) is 25.3 Å². The Hall–Kier alpha value is -1.72. The molecule has 1 fully saturated rings. The van der Waals surface area contributed by atoms with Crippen molar-refractivity contribution in [2.75, 3.05) is 11.9 Å². The van der Waals surface area contributed by atoms with Gasteiger partial charge in [0, 0.05) is 18.3 Å². The van der Waals surface area contributed by atoms with Gasteiger partial charge in [-0.15, -0.1) is 0 Å². The van der Waals surface area contributed by atoms with Crippen molar-refractivity contribution in [3.05, 3.63) is 29.8 Å². The number of halogens is 3. The second-order valence-corrected chi connectivity index (χ2v) is 5.59. The number of nitrogens with one attached hydrogen (secondary N) is 1. The molecule has 1 saturated carbocycles. The molecule has 1 aliphatic rings. The Bertz CT molecular complexity index is 510. The third-order valence-electron chi connectivity index (χ3n) is 4.06. The highest BCUT2D eigenvalue weighted by Gasteiger charge is 2.31. The van der Waals surface area contributed by atoms with Crippen molar-refractivity contribution in [1.82, 2.24) is 4.90 Å². The summed E-state index contributed by atoms with van der Waals surface area (Å²) in [6, 6.07) is 4.59. The summed E-state index contributed by atoms with van der Waals surface area (Å²) in [5.41, 5.74) is -0.583. The molecule has 1 aromatic rings. The van der Waals surface area contributed by atoms with E-state index in [1.54, 1.807) is 4.90 Å². The zero-order chi connectivity index (χ0) is 16.2. The minimum absolute atomic E-state index is 0.175. The Morgan fingerprint density at radius 2 is 1.95 bits per heavy atom. The lowest BCUT2D eigenvalue weighted by Gasteiger charge is -2.33. The number of hydrogen-bond donors (Lipinski definition) is 1. The van der Waals surface area contributed by atoms with E-state index in [0.29, 0.717) is 6.54 Å². The first kappa shape index (κ1) is 16.6. The molecule has 0 atom stereocenters. The van der Waals surface area contributed by atoms with Gasteiger partial charge in [0.15, 0.2) is 0 Å². The third kappa shape index (κ3) is 4.15. The molecule has 22 heavy (non-hydrogen) atoms. The molecule has 1 aromatic carbocycles. The van der Waals surface area contributed by atoms with E-state index in [-0.39, 0.29) is 17.8 Å². The summed E-state index contributed by atoms with van der Waals surface area (Å²) in [6.07, 6.45) is 0.890. The van der Waals surface area contributed by atoms with Crippen LogP contribution in [0.1, 0.15) is 44.6 Å². The summed E-state index contributed by atoms with van der Waals surface area (Å²) >= 11 is 0. The predicted molar refractivity (Wildman–Crippen MR) is 79.7 cm³/mol. The topological polar surface area (TPSA) is 32.3 Å². The Morgan fingerprint density at radius 3 is 2.55 bits per heavy atom.